The summed E-state index contributed by atoms with van der Waals surface area (Å²) < 4.78 is 0. The van der Waals surface area contributed by atoms with Crippen molar-refractivity contribution in [1.82, 2.24) is 10.2 Å². The van der Waals surface area contributed by atoms with Gasteiger partial charge in [0, 0.05) is 31.2 Å². The molecule has 6 nitrogen and oxygen atoms in total. The number of anilines is 1. The largest absolute Gasteiger partial charge is 0.344 e. The molecule has 2 aliphatic rings. The minimum Gasteiger partial charge on any atom is -0.344 e. The van der Waals surface area contributed by atoms with Crippen LogP contribution in [-0.4, -0.2) is 55.5 Å². The number of carbonyl (C=O) groups excluding carboxylic acids is 2. The molecular weight excluding hydrogens is 328 g/mol. The Balaban J connectivity index is 1.56. The Morgan fingerprint density at radius 3 is 2.50 bits per heavy atom. The summed E-state index contributed by atoms with van der Waals surface area (Å²) in [5.74, 6) is 0.0436. The summed E-state index contributed by atoms with van der Waals surface area (Å²) in [5.41, 5.74) is 7.68. The SMILES string of the molecule is Cc1ccc(N2CCCC(NC(=O)C3CCN(CCN)CC3)C2=O)cc1. The van der Waals surface area contributed by atoms with Gasteiger partial charge in [-0.1, -0.05) is 17.7 Å². The second-order valence-electron chi connectivity index (χ2n) is 7.43. The van der Waals surface area contributed by atoms with Crippen molar-refractivity contribution in [2.45, 2.75) is 38.6 Å². The van der Waals surface area contributed by atoms with Gasteiger partial charge in [-0.2, -0.15) is 0 Å². The van der Waals surface area contributed by atoms with Crippen LogP contribution in [0.25, 0.3) is 0 Å². The number of hydrogen-bond acceptors (Lipinski definition) is 4. The molecule has 0 saturated carbocycles. The minimum atomic E-state index is -0.403. The summed E-state index contributed by atoms with van der Waals surface area (Å²) in [4.78, 5) is 29.6. The average Bonchev–Trinajstić information content (AvgIpc) is 2.65. The fraction of sp³-hybridized carbons (Fsp3) is 0.600. The van der Waals surface area contributed by atoms with Crippen LogP contribution >= 0.6 is 0 Å². The summed E-state index contributed by atoms with van der Waals surface area (Å²) in [6.07, 6.45) is 3.31. The molecule has 2 aliphatic heterocycles. The van der Waals surface area contributed by atoms with E-state index in [4.69, 9.17) is 5.73 Å². The van der Waals surface area contributed by atoms with Gasteiger partial charge in [-0.3, -0.25) is 9.59 Å². The number of benzene rings is 1. The second-order valence-corrected chi connectivity index (χ2v) is 7.43. The molecule has 26 heavy (non-hydrogen) atoms. The predicted molar refractivity (Wildman–Crippen MR) is 103 cm³/mol. The molecule has 0 spiro atoms. The number of piperidine rings is 2. The number of nitrogens with zero attached hydrogens (tertiary/aromatic N) is 2. The monoisotopic (exact) mass is 358 g/mol. The summed E-state index contributed by atoms with van der Waals surface area (Å²) in [6.45, 7) is 6.10. The molecule has 0 aromatic heterocycles. The van der Waals surface area contributed by atoms with Gasteiger partial charge >= 0.3 is 0 Å². The normalized spacial score (nSPS) is 22.5. The molecule has 0 bridgehead atoms. The molecule has 3 N–H and O–H groups in total. The summed E-state index contributed by atoms with van der Waals surface area (Å²) in [5, 5.41) is 3.02. The van der Waals surface area contributed by atoms with Crippen molar-refractivity contribution in [2.75, 3.05) is 37.6 Å². The van der Waals surface area contributed by atoms with E-state index in [1.807, 2.05) is 31.2 Å². The fourth-order valence-electron chi connectivity index (χ4n) is 3.88. The molecule has 0 radical (unpaired) electrons. The van der Waals surface area contributed by atoms with Crippen molar-refractivity contribution in [3.8, 4) is 0 Å². The summed E-state index contributed by atoms with van der Waals surface area (Å²) in [7, 11) is 0. The zero-order valence-electron chi connectivity index (χ0n) is 15.6. The van der Waals surface area contributed by atoms with Crippen LogP contribution in [0.15, 0.2) is 24.3 Å². The molecular formula is C20H30N4O2. The van der Waals surface area contributed by atoms with Crippen molar-refractivity contribution in [1.29, 1.82) is 0 Å². The summed E-state index contributed by atoms with van der Waals surface area (Å²) in [6, 6.07) is 7.58. The zero-order chi connectivity index (χ0) is 18.5. The lowest BCUT2D eigenvalue weighted by atomic mass is 9.94. The number of nitrogens with two attached hydrogens (primary N) is 1. The highest BCUT2D eigenvalue weighted by Crippen LogP contribution is 2.23. The van der Waals surface area contributed by atoms with Gasteiger partial charge in [0.15, 0.2) is 0 Å². The van der Waals surface area contributed by atoms with Crippen LogP contribution in [-0.2, 0) is 9.59 Å². The Hall–Kier alpha value is -1.92. The first-order valence-electron chi connectivity index (χ1n) is 9.69. The van der Waals surface area contributed by atoms with Crippen LogP contribution in [0.2, 0.25) is 0 Å². The van der Waals surface area contributed by atoms with Gasteiger partial charge in [0.25, 0.3) is 0 Å². The Kier molecular flexibility index (Phi) is 6.27. The van der Waals surface area contributed by atoms with Gasteiger partial charge in [-0.15, -0.1) is 0 Å². The number of nitrogens with one attached hydrogen (secondary N) is 1. The average molecular weight is 358 g/mol. The Morgan fingerprint density at radius 1 is 1.15 bits per heavy atom. The van der Waals surface area contributed by atoms with Crippen LogP contribution in [0.5, 0.6) is 0 Å². The van der Waals surface area contributed by atoms with Gasteiger partial charge in [0.1, 0.15) is 6.04 Å². The Morgan fingerprint density at radius 2 is 1.85 bits per heavy atom. The van der Waals surface area contributed by atoms with Crippen LogP contribution in [0, 0.1) is 12.8 Å². The van der Waals surface area contributed by atoms with E-state index in [1.165, 1.54) is 5.56 Å². The van der Waals surface area contributed by atoms with Crippen LogP contribution in [0.3, 0.4) is 0 Å². The number of likely N-dealkylation sites (tertiary alicyclic amines) is 1. The van der Waals surface area contributed by atoms with Crippen molar-refractivity contribution in [3.63, 3.8) is 0 Å². The van der Waals surface area contributed by atoms with Gasteiger partial charge in [-0.05, 0) is 57.8 Å². The number of amides is 2. The third-order valence-corrected chi connectivity index (χ3v) is 5.50. The molecule has 2 amide bonds. The highest BCUT2D eigenvalue weighted by molar-refractivity contribution is 6.00. The maximum Gasteiger partial charge on any atom is 0.249 e. The van der Waals surface area contributed by atoms with Crippen LogP contribution in [0.1, 0.15) is 31.2 Å². The number of aryl methyl sites for hydroxylation is 1. The van der Waals surface area contributed by atoms with Gasteiger partial charge < -0.3 is 20.9 Å². The van der Waals surface area contributed by atoms with E-state index >= 15 is 0 Å². The minimum absolute atomic E-state index is 0.00609. The van der Waals surface area contributed by atoms with E-state index in [-0.39, 0.29) is 17.7 Å². The van der Waals surface area contributed by atoms with E-state index in [2.05, 4.69) is 10.2 Å². The van der Waals surface area contributed by atoms with Crippen LogP contribution < -0.4 is 16.0 Å². The molecule has 2 fully saturated rings. The van der Waals surface area contributed by atoms with E-state index in [0.29, 0.717) is 13.1 Å². The Bertz CT molecular complexity index is 623. The van der Waals surface area contributed by atoms with Crippen molar-refractivity contribution < 1.29 is 9.59 Å². The molecule has 3 rings (SSSR count). The lowest BCUT2D eigenvalue weighted by molar-refractivity contribution is -0.131. The fourth-order valence-corrected chi connectivity index (χ4v) is 3.88. The Labute approximate surface area is 155 Å². The number of rotatable bonds is 5. The highest BCUT2D eigenvalue weighted by Gasteiger charge is 2.33. The lowest BCUT2D eigenvalue weighted by Gasteiger charge is -2.35. The summed E-state index contributed by atoms with van der Waals surface area (Å²) >= 11 is 0. The second kappa shape index (κ2) is 8.64. The van der Waals surface area contributed by atoms with E-state index in [0.717, 1.165) is 51.0 Å². The van der Waals surface area contributed by atoms with Gasteiger partial charge in [0.05, 0.1) is 0 Å². The number of hydrogen-bond donors (Lipinski definition) is 2. The highest BCUT2D eigenvalue weighted by atomic mass is 16.2. The third kappa shape index (κ3) is 4.43. The molecule has 1 aromatic rings. The zero-order valence-corrected chi connectivity index (χ0v) is 15.6. The van der Waals surface area contributed by atoms with Crippen molar-refractivity contribution >= 4 is 17.5 Å². The van der Waals surface area contributed by atoms with E-state index in [9.17, 15) is 9.59 Å². The smallest absolute Gasteiger partial charge is 0.249 e. The number of carbonyl (C=O) groups is 2. The molecule has 1 unspecified atom stereocenters. The van der Waals surface area contributed by atoms with E-state index in [1.54, 1.807) is 4.90 Å². The molecule has 142 valence electrons. The van der Waals surface area contributed by atoms with Crippen molar-refractivity contribution in [2.24, 2.45) is 11.7 Å². The molecule has 2 heterocycles. The standard InChI is InChI=1S/C20H30N4O2/c1-15-4-6-17(7-5-15)24-11-2-3-18(20(24)26)22-19(25)16-8-12-23(13-9-16)14-10-21/h4-7,16,18H,2-3,8-14,21H2,1H3,(H,22,25). The first-order valence-corrected chi connectivity index (χ1v) is 9.69. The predicted octanol–water partition coefficient (Wildman–Crippen LogP) is 1.28. The molecule has 1 atom stereocenters. The first-order chi connectivity index (χ1) is 12.6. The molecule has 6 heteroatoms. The van der Waals surface area contributed by atoms with Gasteiger partial charge in [-0.25, -0.2) is 0 Å². The topological polar surface area (TPSA) is 78.7 Å². The van der Waals surface area contributed by atoms with Gasteiger partial charge in [0.2, 0.25) is 11.8 Å². The third-order valence-electron chi connectivity index (χ3n) is 5.50. The molecule has 1 aromatic carbocycles. The maximum atomic E-state index is 12.9. The maximum absolute atomic E-state index is 12.9. The van der Waals surface area contributed by atoms with E-state index < -0.39 is 6.04 Å². The quantitative estimate of drug-likeness (QED) is 0.831. The molecule has 2 saturated heterocycles. The molecule has 0 aliphatic carbocycles. The first kappa shape index (κ1) is 18.9. The lowest BCUT2D eigenvalue weighted by Crippen LogP contribution is -2.54. The van der Waals surface area contributed by atoms with Crippen molar-refractivity contribution in [3.05, 3.63) is 29.8 Å². The van der Waals surface area contributed by atoms with Crippen LogP contribution in [0.4, 0.5) is 5.69 Å².